The Morgan fingerprint density at radius 1 is 1.48 bits per heavy atom. The molecule has 2 rings (SSSR count). The lowest BCUT2D eigenvalue weighted by Gasteiger charge is -2.18. The highest BCUT2D eigenvalue weighted by atomic mass is 19.4. The molecule has 118 valence electrons. The van der Waals surface area contributed by atoms with E-state index in [1.54, 1.807) is 6.07 Å². The van der Waals surface area contributed by atoms with E-state index in [2.05, 4.69) is 15.3 Å². The monoisotopic (exact) mass is 305 g/mol. The molecule has 6 nitrogen and oxygen atoms in total. The summed E-state index contributed by atoms with van der Waals surface area (Å²) in [6.45, 7) is 0.567. The van der Waals surface area contributed by atoms with Gasteiger partial charge in [-0.25, -0.2) is 0 Å². The minimum absolute atomic E-state index is 0.0852. The second kappa shape index (κ2) is 6.33. The number of rotatable bonds is 5. The van der Waals surface area contributed by atoms with E-state index in [9.17, 15) is 13.2 Å². The van der Waals surface area contributed by atoms with Crippen LogP contribution in [-0.2, 0) is 0 Å². The second-order valence-electron chi connectivity index (χ2n) is 5.04. The van der Waals surface area contributed by atoms with Crippen LogP contribution in [0.25, 0.3) is 0 Å². The summed E-state index contributed by atoms with van der Waals surface area (Å²) in [4.78, 5) is 9.28. The highest BCUT2D eigenvalue weighted by Gasteiger charge is 2.34. The normalized spacial score (nSPS) is 19.7. The van der Waals surface area contributed by atoms with Crippen LogP contribution in [-0.4, -0.2) is 54.3 Å². The Hall–Kier alpha value is -1.77. The molecule has 2 heterocycles. The molecule has 1 unspecified atom stereocenters. The van der Waals surface area contributed by atoms with Crippen LogP contribution < -0.4 is 15.8 Å². The molecular formula is C12H18F3N5O. The number of anilines is 2. The van der Waals surface area contributed by atoms with Gasteiger partial charge in [0.15, 0.2) is 0 Å². The third kappa shape index (κ3) is 4.92. The first kappa shape index (κ1) is 15.6. The first-order valence-corrected chi connectivity index (χ1v) is 6.57. The van der Waals surface area contributed by atoms with Gasteiger partial charge in [0.05, 0.1) is 13.7 Å². The lowest BCUT2D eigenvalue weighted by molar-refractivity contribution is -0.143. The van der Waals surface area contributed by atoms with Crippen molar-refractivity contribution in [1.29, 1.82) is 0 Å². The Balaban J connectivity index is 1.83. The van der Waals surface area contributed by atoms with Gasteiger partial charge in [0.2, 0.25) is 11.8 Å². The maximum atomic E-state index is 12.3. The van der Waals surface area contributed by atoms with Gasteiger partial charge < -0.3 is 15.8 Å². The second-order valence-corrected chi connectivity index (χ2v) is 5.04. The number of nitrogens with zero attached hydrogens (tertiary/aromatic N) is 3. The van der Waals surface area contributed by atoms with E-state index in [1.807, 2.05) is 0 Å². The van der Waals surface area contributed by atoms with Gasteiger partial charge in [-0.05, 0) is 18.9 Å². The van der Waals surface area contributed by atoms with Crippen LogP contribution in [0.2, 0.25) is 0 Å². The summed E-state index contributed by atoms with van der Waals surface area (Å²) in [5, 5.41) is 3.07. The molecule has 0 amide bonds. The molecule has 1 aliphatic heterocycles. The van der Waals surface area contributed by atoms with E-state index in [0.29, 0.717) is 31.3 Å². The standard InChI is InChI=1S/C12H18F3N5O/c1-21-10-4-9(18-11(16)19-10)17-5-8-2-3-20(6-8)7-12(13,14)15/h4,8H,2-3,5-7H2,1H3,(H3,16,17,18,19). The van der Waals surface area contributed by atoms with Gasteiger partial charge in [0, 0.05) is 19.2 Å². The molecule has 0 bridgehead atoms. The fourth-order valence-corrected chi connectivity index (χ4v) is 2.36. The zero-order valence-corrected chi connectivity index (χ0v) is 11.7. The highest BCUT2D eigenvalue weighted by Crippen LogP contribution is 2.23. The zero-order chi connectivity index (χ0) is 15.5. The van der Waals surface area contributed by atoms with Gasteiger partial charge in [0.1, 0.15) is 5.82 Å². The topological polar surface area (TPSA) is 76.3 Å². The summed E-state index contributed by atoms with van der Waals surface area (Å²) >= 11 is 0. The van der Waals surface area contributed by atoms with Gasteiger partial charge in [-0.15, -0.1) is 0 Å². The van der Waals surface area contributed by atoms with Gasteiger partial charge in [-0.2, -0.15) is 23.1 Å². The molecule has 0 spiro atoms. The van der Waals surface area contributed by atoms with Crippen molar-refractivity contribution in [3.8, 4) is 5.88 Å². The van der Waals surface area contributed by atoms with Gasteiger partial charge in [0.25, 0.3) is 0 Å². The first-order chi connectivity index (χ1) is 9.85. The smallest absolute Gasteiger partial charge is 0.401 e. The Labute approximate surface area is 120 Å². The van der Waals surface area contributed by atoms with Crippen LogP contribution in [0.5, 0.6) is 5.88 Å². The number of nitrogens with one attached hydrogen (secondary N) is 1. The number of hydrogen-bond acceptors (Lipinski definition) is 6. The number of methoxy groups -OCH3 is 1. The summed E-state index contributed by atoms with van der Waals surface area (Å²) < 4.78 is 41.9. The van der Waals surface area contributed by atoms with E-state index >= 15 is 0 Å². The lowest BCUT2D eigenvalue weighted by atomic mass is 10.1. The zero-order valence-electron chi connectivity index (χ0n) is 11.7. The molecule has 0 aromatic carbocycles. The Morgan fingerprint density at radius 2 is 2.24 bits per heavy atom. The molecule has 1 aromatic rings. The molecule has 0 aliphatic carbocycles. The lowest BCUT2D eigenvalue weighted by Crippen LogP contribution is -2.33. The van der Waals surface area contributed by atoms with Crippen molar-refractivity contribution in [2.45, 2.75) is 12.6 Å². The average Bonchev–Trinajstić information content (AvgIpc) is 2.81. The van der Waals surface area contributed by atoms with Crippen molar-refractivity contribution in [3.63, 3.8) is 0 Å². The number of aromatic nitrogens is 2. The van der Waals surface area contributed by atoms with Crippen LogP contribution >= 0.6 is 0 Å². The Bertz CT molecular complexity index is 482. The number of nitrogen functional groups attached to an aromatic ring is 1. The minimum atomic E-state index is -4.14. The van der Waals surface area contributed by atoms with Crippen molar-refractivity contribution in [3.05, 3.63) is 6.07 Å². The maximum Gasteiger partial charge on any atom is 0.401 e. The van der Waals surface area contributed by atoms with Gasteiger partial charge >= 0.3 is 6.18 Å². The quantitative estimate of drug-likeness (QED) is 0.855. The summed E-state index contributed by atoms with van der Waals surface area (Å²) in [6, 6.07) is 1.60. The van der Waals surface area contributed by atoms with Crippen molar-refractivity contribution < 1.29 is 17.9 Å². The van der Waals surface area contributed by atoms with Gasteiger partial charge in [-0.1, -0.05) is 0 Å². The fourth-order valence-electron chi connectivity index (χ4n) is 2.36. The number of alkyl halides is 3. The third-order valence-electron chi connectivity index (χ3n) is 3.27. The minimum Gasteiger partial charge on any atom is -0.481 e. The fraction of sp³-hybridized carbons (Fsp3) is 0.667. The molecule has 1 atom stereocenters. The van der Waals surface area contributed by atoms with Crippen LogP contribution in [0.15, 0.2) is 6.07 Å². The van der Waals surface area contributed by atoms with Gasteiger partial charge in [-0.3, -0.25) is 4.90 Å². The van der Waals surface area contributed by atoms with Crippen molar-refractivity contribution in [2.24, 2.45) is 5.92 Å². The van der Waals surface area contributed by atoms with Crippen LogP contribution in [0.1, 0.15) is 6.42 Å². The van der Waals surface area contributed by atoms with Crippen LogP contribution in [0.4, 0.5) is 24.9 Å². The number of nitrogens with two attached hydrogens (primary N) is 1. The Kier molecular flexibility index (Phi) is 4.71. The van der Waals surface area contributed by atoms with E-state index in [1.165, 1.54) is 12.0 Å². The van der Waals surface area contributed by atoms with E-state index in [0.717, 1.165) is 6.42 Å². The van der Waals surface area contributed by atoms with Crippen molar-refractivity contribution in [1.82, 2.24) is 14.9 Å². The molecule has 1 aliphatic rings. The summed E-state index contributed by atoms with van der Waals surface area (Å²) in [5.74, 6) is 1.08. The highest BCUT2D eigenvalue weighted by molar-refractivity contribution is 5.42. The number of halogens is 3. The third-order valence-corrected chi connectivity index (χ3v) is 3.27. The van der Waals surface area contributed by atoms with Crippen LogP contribution in [0, 0.1) is 5.92 Å². The van der Waals surface area contributed by atoms with Crippen LogP contribution in [0.3, 0.4) is 0 Å². The number of likely N-dealkylation sites (tertiary alicyclic amines) is 1. The number of hydrogen-bond donors (Lipinski definition) is 2. The van der Waals surface area contributed by atoms with E-state index in [-0.39, 0.29) is 11.9 Å². The molecule has 0 radical (unpaired) electrons. The summed E-state index contributed by atoms with van der Waals surface area (Å²) in [7, 11) is 1.47. The molecular weight excluding hydrogens is 287 g/mol. The van der Waals surface area contributed by atoms with E-state index < -0.39 is 12.7 Å². The molecule has 1 fully saturated rings. The average molecular weight is 305 g/mol. The molecule has 9 heteroatoms. The predicted octanol–water partition coefficient (Wildman–Crippen LogP) is 1.36. The molecule has 21 heavy (non-hydrogen) atoms. The SMILES string of the molecule is COc1cc(NCC2CCN(CC(F)(F)F)C2)nc(N)n1. The molecule has 1 saturated heterocycles. The predicted molar refractivity (Wildman–Crippen MR) is 72.1 cm³/mol. The van der Waals surface area contributed by atoms with E-state index in [4.69, 9.17) is 10.5 Å². The maximum absolute atomic E-state index is 12.3. The largest absolute Gasteiger partial charge is 0.481 e. The number of ether oxygens (including phenoxy) is 1. The summed E-state index contributed by atoms with van der Waals surface area (Å²) in [6.07, 6.45) is -3.42. The first-order valence-electron chi connectivity index (χ1n) is 6.57. The molecule has 0 saturated carbocycles. The van der Waals surface area contributed by atoms with Crippen molar-refractivity contribution >= 4 is 11.8 Å². The summed E-state index contributed by atoms with van der Waals surface area (Å²) in [5.41, 5.74) is 5.53. The van der Waals surface area contributed by atoms with Crippen molar-refractivity contribution in [2.75, 3.05) is 44.3 Å². The Morgan fingerprint density at radius 3 is 2.90 bits per heavy atom. The molecule has 3 N–H and O–H groups in total. The molecule has 1 aromatic heterocycles.